The molecule has 2 amide bonds. The first-order valence-electron chi connectivity index (χ1n) is 8.64. The second-order valence-corrected chi connectivity index (χ2v) is 6.47. The van der Waals surface area contributed by atoms with Crippen molar-refractivity contribution in [2.45, 2.75) is 0 Å². The lowest BCUT2D eigenvalue weighted by molar-refractivity contribution is 0.0951. The molecule has 0 radical (unpaired) electrons. The van der Waals surface area contributed by atoms with E-state index >= 15 is 0 Å². The zero-order valence-corrected chi connectivity index (χ0v) is 15.8. The second-order valence-electron chi connectivity index (χ2n) is 6.07. The Hall–Kier alpha value is -3.91. The number of hydrogen-bond acceptors (Lipinski definition) is 5. The molecule has 29 heavy (non-hydrogen) atoms. The summed E-state index contributed by atoms with van der Waals surface area (Å²) in [4.78, 5) is 24.3. The summed E-state index contributed by atoms with van der Waals surface area (Å²) >= 11 is 5.18. The topological polar surface area (TPSA) is 96.5 Å². The van der Waals surface area contributed by atoms with Crippen LogP contribution in [0.25, 0.3) is 11.0 Å². The van der Waals surface area contributed by atoms with Crippen molar-refractivity contribution in [2.24, 2.45) is 0 Å². The zero-order chi connectivity index (χ0) is 20.2. The SMILES string of the molecule is O=C(Nc1ccc(NC(=S)NC(=O)c2cc3ccccc3o2)cc1)c1ccco1. The molecular weight excluding hydrogens is 390 g/mol. The number of benzene rings is 2. The molecule has 0 spiro atoms. The normalized spacial score (nSPS) is 10.5. The Labute approximate surface area is 170 Å². The summed E-state index contributed by atoms with van der Waals surface area (Å²) in [6, 6.07) is 19.1. The van der Waals surface area contributed by atoms with Gasteiger partial charge >= 0.3 is 0 Å². The fourth-order valence-corrected chi connectivity index (χ4v) is 2.87. The fraction of sp³-hybridized carbons (Fsp3) is 0. The number of furan rings is 2. The average Bonchev–Trinajstić information content (AvgIpc) is 3.39. The van der Waals surface area contributed by atoms with Crippen LogP contribution in [0.1, 0.15) is 21.1 Å². The molecule has 0 aliphatic carbocycles. The van der Waals surface area contributed by atoms with Crippen LogP contribution in [0.5, 0.6) is 0 Å². The van der Waals surface area contributed by atoms with Gasteiger partial charge in [0, 0.05) is 16.8 Å². The predicted molar refractivity (Wildman–Crippen MR) is 113 cm³/mol. The predicted octanol–water partition coefficient (Wildman–Crippen LogP) is 4.40. The first-order valence-corrected chi connectivity index (χ1v) is 9.05. The Morgan fingerprint density at radius 1 is 0.793 bits per heavy atom. The zero-order valence-electron chi connectivity index (χ0n) is 15.0. The van der Waals surface area contributed by atoms with E-state index in [1.54, 1.807) is 48.5 Å². The van der Waals surface area contributed by atoms with E-state index in [-0.39, 0.29) is 22.5 Å². The van der Waals surface area contributed by atoms with Gasteiger partial charge in [-0.05, 0) is 60.7 Å². The van der Waals surface area contributed by atoms with E-state index < -0.39 is 5.91 Å². The molecule has 0 atom stereocenters. The highest BCUT2D eigenvalue weighted by Gasteiger charge is 2.14. The van der Waals surface area contributed by atoms with Gasteiger partial charge in [0.1, 0.15) is 5.58 Å². The lowest BCUT2D eigenvalue weighted by Crippen LogP contribution is -2.33. The molecule has 0 aliphatic rings. The maximum absolute atomic E-state index is 12.3. The van der Waals surface area contributed by atoms with E-state index in [1.807, 2.05) is 18.2 Å². The molecule has 0 aliphatic heterocycles. The first-order chi connectivity index (χ1) is 14.1. The minimum atomic E-state index is -0.443. The van der Waals surface area contributed by atoms with Crippen molar-refractivity contribution in [1.29, 1.82) is 0 Å². The Kier molecular flexibility index (Phi) is 5.08. The Balaban J connectivity index is 1.34. The number of thiocarbonyl (C=S) groups is 1. The number of nitrogens with one attached hydrogen (secondary N) is 3. The summed E-state index contributed by atoms with van der Waals surface area (Å²) in [6.07, 6.45) is 1.43. The number of carbonyl (C=O) groups is 2. The summed E-state index contributed by atoms with van der Waals surface area (Å²) in [5.41, 5.74) is 1.87. The lowest BCUT2D eigenvalue weighted by atomic mass is 10.2. The van der Waals surface area contributed by atoms with Crippen LogP contribution < -0.4 is 16.0 Å². The summed E-state index contributed by atoms with van der Waals surface area (Å²) in [5.74, 6) is -0.390. The molecule has 0 saturated heterocycles. The highest BCUT2D eigenvalue weighted by Crippen LogP contribution is 2.19. The maximum atomic E-state index is 12.3. The third-order valence-corrected chi connectivity index (χ3v) is 4.23. The van der Waals surface area contributed by atoms with Crippen molar-refractivity contribution in [3.8, 4) is 0 Å². The van der Waals surface area contributed by atoms with E-state index in [1.165, 1.54) is 6.26 Å². The van der Waals surface area contributed by atoms with E-state index in [0.717, 1.165) is 5.39 Å². The van der Waals surface area contributed by atoms with Gasteiger partial charge in [-0.2, -0.15) is 0 Å². The van der Waals surface area contributed by atoms with Gasteiger partial charge in [-0.1, -0.05) is 18.2 Å². The summed E-state index contributed by atoms with van der Waals surface area (Å²) in [5, 5.41) is 9.17. The third-order valence-electron chi connectivity index (χ3n) is 4.02. The van der Waals surface area contributed by atoms with Crippen LogP contribution in [0.15, 0.2) is 81.8 Å². The van der Waals surface area contributed by atoms with Gasteiger partial charge in [-0.25, -0.2) is 0 Å². The largest absolute Gasteiger partial charge is 0.459 e. The van der Waals surface area contributed by atoms with E-state index in [2.05, 4.69) is 16.0 Å². The molecule has 2 aromatic carbocycles. The minimum Gasteiger partial charge on any atom is -0.459 e. The van der Waals surface area contributed by atoms with Crippen molar-refractivity contribution in [3.05, 3.63) is 84.5 Å². The molecule has 0 bridgehead atoms. The molecule has 2 heterocycles. The van der Waals surface area contributed by atoms with Crippen molar-refractivity contribution in [3.63, 3.8) is 0 Å². The molecule has 4 rings (SSSR count). The number of amides is 2. The monoisotopic (exact) mass is 405 g/mol. The van der Waals surface area contributed by atoms with Gasteiger partial charge < -0.3 is 19.5 Å². The number of carbonyl (C=O) groups excluding carboxylic acids is 2. The fourth-order valence-electron chi connectivity index (χ4n) is 2.66. The smallest absolute Gasteiger partial charge is 0.293 e. The first kappa shape index (κ1) is 18.5. The molecule has 7 nitrogen and oxygen atoms in total. The standard InChI is InChI=1S/C21H15N3O4S/c25-19(17-6-3-11-27-17)22-14-7-9-15(10-8-14)23-21(29)24-20(26)18-12-13-4-1-2-5-16(13)28-18/h1-12H,(H,22,25)(H2,23,24,26,29). The van der Waals surface area contributed by atoms with Gasteiger partial charge in [0.25, 0.3) is 11.8 Å². The van der Waals surface area contributed by atoms with Crippen molar-refractivity contribution >= 4 is 51.5 Å². The van der Waals surface area contributed by atoms with Gasteiger partial charge in [-0.3, -0.25) is 14.9 Å². The van der Waals surface area contributed by atoms with E-state index in [4.69, 9.17) is 21.1 Å². The summed E-state index contributed by atoms with van der Waals surface area (Å²) in [7, 11) is 0. The highest BCUT2D eigenvalue weighted by molar-refractivity contribution is 7.80. The third kappa shape index (κ3) is 4.33. The number of rotatable bonds is 4. The molecule has 2 aromatic heterocycles. The maximum Gasteiger partial charge on any atom is 0.293 e. The van der Waals surface area contributed by atoms with Crippen LogP contribution >= 0.6 is 12.2 Å². The number of anilines is 2. The molecular formula is C21H15N3O4S. The van der Waals surface area contributed by atoms with Crippen LogP contribution in [-0.4, -0.2) is 16.9 Å². The number of para-hydroxylation sites is 1. The van der Waals surface area contributed by atoms with Crippen molar-refractivity contribution < 1.29 is 18.4 Å². The van der Waals surface area contributed by atoms with Gasteiger partial charge in [0.05, 0.1) is 6.26 Å². The molecule has 0 fully saturated rings. The van der Waals surface area contributed by atoms with Crippen LogP contribution in [0.3, 0.4) is 0 Å². The van der Waals surface area contributed by atoms with E-state index in [0.29, 0.717) is 17.0 Å². The molecule has 144 valence electrons. The Morgan fingerprint density at radius 3 is 2.21 bits per heavy atom. The molecule has 4 aromatic rings. The Morgan fingerprint density at radius 2 is 1.52 bits per heavy atom. The quantitative estimate of drug-likeness (QED) is 0.436. The van der Waals surface area contributed by atoms with Gasteiger partial charge in [-0.15, -0.1) is 0 Å². The van der Waals surface area contributed by atoms with Crippen molar-refractivity contribution in [1.82, 2.24) is 5.32 Å². The van der Waals surface area contributed by atoms with Crippen molar-refractivity contribution in [2.75, 3.05) is 10.6 Å². The second kappa shape index (κ2) is 7.99. The summed E-state index contributed by atoms with van der Waals surface area (Å²) in [6.45, 7) is 0. The van der Waals surface area contributed by atoms with Gasteiger partial charge in [0.2, 0.25) is 0 Å². The van der Waals surface area contributed by atoms with Crippen LogP contribution in [0.2, 0.25) is 0 Å². The molecule has 3 N–H and O–H groups in total. The molecule has 0 unspecified atom stereocenters. The molecule has 0 saturated carbocycles. The molecule has 8 heteroatoms. The van der Waals surface area contributed by atoms with Crippen LogP contribution in [-0.2, 0) is 0 Å². The van der Waals surface area contributed by atoms with Crippen LogP contribution in [0.4, 0.5) is 11.4 Å². The van der Waals surface area contributed by atoms with Crippen LogP contribution in [0, 0.1) is 0 Å². The minimum absolute atomic E-state index is 0.128. The van der Waals surface area contributed by atoms with Gasteiger partial charge in [0.15, 0.2) is 16.6 Å². The number of fused-ring (bicyclic) bond motifs is 1. The Bertz CT molecular complexity index is 1150. The summed E-state index contributed by atoms with van der Waals surface area (Å²) < 4.78 is 10.6. The number of hydrogen-bond donors (Lipinski definition) is 3. The average molecular weight is 405 g/mol. The highest BCUT2D eigenvalue weighted by atomic mass is 32.1. The lowest BCUT2D eigenvalue weighted by Gasteiger charge is -2.09. The van der Waals surface area contributed by atoms with E-state index in [9.17, 15) is 9.59 Å².